The lowest BCUT2D eigenvalue weighted by Crippen LogP contribution is -2.13. The Kier molecular flexibility index (Phi) is 4.74. The van der Waals surface area contributed by atoms with E-state index in [1.165, 1.54) is 0 Å². The number of aromatic nitrogens is 1. The van der Waals surface area contributed by atoms with Crippen LogP contribution >= 0.6 is 0 Å². The highest BCUT2D eigenvalue weighted by Crippen LogP contribution is 2.30. The van der Waals surface area contributed by atoms with E-state index in [1.54, 1.807) is 43.5 Å². The molecule has 6 heteroatoms. The molecule has 0 bridgehead atoms. The highest BCUT2D eigenvalue weighted by molar-refractivity contribution is 5.96. The van der Waals surface area contributed by atoms with Gasteiger partial charge in [0.2, 0.25) is 5.91 Å². The Morgan fingerprint density at radius 3 is 2.67 bits per heavy atom. The fraction of sp³-hybridized carbons (Fsp3) is 0.278. The molecule has 0 spiro atoms. The molecule has 2 N–H and O–H groups in total. The molecular formula is C18H19N3O3. The van der Waals surface area contributed by atoms with Gasteiger partial charge >= 0.3 is 5.97 Å². The number of para-hydroxylation sites is 1. The molecule has 1 aromatic heterocycles. The Bertz CT molecular complexity index is 739. The summed E-state index contributed by atoms with van der Waals surface area (Å²) in [5.74, 6) is 0.398. The van der Waals surface area contributed by atoms with Crippen molar-refractivity contribution in [2.24, 2.45) is 5.92 Å². The van der Waals surface area contributed by atoms with Crippen molar-refractivity contribution in [3.05, 3.63) is 48.2 Å². The van der Waals surface area contributed by atoms with Crippen LogP contribution in [0.2, 0.25) is 0 Å². The van der Waals surface area contributed by atoms with Gasteiger partial charge in [-0.05, 0) is 44.0 Å². The van der Waals surface area contributed by atoms with Crippen molar-refractivity contribution in [1.29, 1.82) is 0 Å². The first-order valence-corrected chi connectivity index (χ1v) is 7.97. The third-order valence-electron chi connectivity index (χ3n) is 3.66. The Balaban J connectivity index is 1.69. The topological polar surface area (TPSA) is 80.3 Å². The van der Waals surface area contributed by atoms with Crippen molar-refractivity contribution in [3.8, 4) is 0 Å². The average molecular weight is 325 g/mol. The van der Waals surface area contributed by atoms with Crippen LogP contribution in [0.5, 0.6) is 0 Å². The standard InChI is InChI=1S/C18H19N3O3/c1-2-24-18(23)14-5-3-4-6-15(14)21-16-10-9-13(11-19-16)20-17(22)12-7-8-12/h3-6,9-12H,2,7-8H2,1H3,(H,19,21)(H,20,22). The molecule has 0 atom stereocenters. The summed E-state index contributed by atoms with van der Waals surface area (Å²) in [6, 6.07) is 10.6. The van der Waals surface area contributed by atoms with Gasteiger partial charge in [-0.3, -0.25) is 4.79 Å². The summed E-state index contributed by atoms with van der Waals surface area (Å²) in [5, 5.41) is 5.94. The quantitative estimate of drug-likeness (QED) is 0.796. The zero-order valence-electron chi connectivity index (χ0n) is 13.4. The van der Waals surface area contributed by atoms with Gasteiger partial charge in [-0.15, -0.1) is 0 Å². The van der Waals surface area contributed by atoms with Crippen LogP contribution in [-0.2, 0) is 9.53 Å². The average Bonchev–Trinajstić information content (AvgIpc) is 3.42. The van der Waals surface area contributed by atoms with Crippen LogP contribution in [0.15, 0.2) is 42.6 Å². The van der Waals surface area contributed by atoms with Gasteiger partial charge in [-0.2, -0.15) is 0 Å². The van der Waals surface area contributed by atoms with E-state index in [0.717, 1.165) is 12.8 Å². The first kappa shape index (κ1) is 16.0. The molecule has 2 aromatic rings. The monoisotopic (exact) mass is 325 g/mol. The van der Waals surface area contributed by atoms with Crippen molar-refractivity contribution in [2.75, 3.05) is 17.2 Å². The first-order valence-electron chi connectivity index (χ1n) is 7.97. The number of hydrogen-bond donors (Lipinski definition) is 2. The Morgan fingerprint density at radius 2 is 2.00 bits per heavy atom. The minimum atomic E-state index is -0.381. The number of pyridine rings is 1. The number of hydrogen-bond acceptors (Lipinski definition) is 5. The largest absolute Gasteiger partial charge is 0.462 e. The van der Waals surface area contributed by atoms with E-state index in [2.05, 4.69) is 15.6 Å². The van der Waals surface area contributed by atoms with E-state index in [1.807, 2.05) is 6.07 Å². The van der Waals surface area contributed by atoms with E-state index < -0.39 is 0 Å². The lowest BCUT2D eigenvalue weighted by Gasteiger charge is -2.11. The number of rotatable bonds is 6. The molecule has 1 heterocycles. The normalized spacial score (nSPS) is 13.2. The van der Waals surface area contributed by atoms with E-state index in [9.17, 15) is 9.59 Å². The fourth-order valence-electron chi connectivity index (χ4n) is 2.25. The van der Waals surface area contributed by atoms with Crippen molar-refractivity contribution in [1.82, 2.24) is 4.98 Å². The van der Waals surface area contributed by atoms with Gasteiger partial charge in [0.25, 0.3) is 0 Å². The smallest absolute Gasteiger partial charge is 0.340 e. The van der Waals surface area contributed by atoms with Crippen LogP contribution in [0.1, 0.15) is 30.1 Å². The number of carbonyl (C=O) groups excluding carboxylic acids is 2. The van der Waals surface area contributed by atoms with Gasteiger partial charge in [0.05, 0.1) is 29.7 Å². The number of anilines is 3. The summed E-state index contributed by atoms with van der Waals surface area (Å²) < 4.78 is 5.05. The second-order valence-corrected chi connectivity index (χ2v) is 5.59. The summed E-state index contributed by atoms with van der Waals surface area (Å²) in [6.45, 7) is 2.09. The molecule has 1 aromatic carbocycles. The van der Waals surface area contributed by atoms with Gasteiger partial charge in [-0.25, -0.2) is 9.78 Å². The summed E-state index contributed by atoms with van der Waals surface area (Å²) in [7, 11) is 0. The van der Waals surface area contributed by atoms with Crippen LogP contribution < -0.4 is 10.6 Å². The minimum absolute atomic E-state index is 0.0464. The molecule has 0 aliphatic heterocycles. The molecule has 0 radical (unpaired) electrons. The van der Waals surface area contributed by atoms with E-state index >= 15 is 0 Å². The third-order valence-corrected chi connectivity index (χ3v) is 3.66. The number of esters is 1. The number of carbonyl (C=O) groups is 2. The van der Waals surface area contributed by atoms with E-state index in [0.29, 0.717) is 29.4 Å². The number of benzene rings is 1. The van der Waals surface area contributed by atoms with Crippen molar-refractivity contribution >= 4 is 29.1 Å². The summed E-state index contributed by atoms with van der Waals surface area (Å²) in [6.07, 6.45) is 3.52. The Labute approximate surface area is 140 Å². The van der Waals surface area contributed by atoms with Crippen LogP contribution in [0.25, 0.3) is 0 Å². The van der Waals surface area contributed by atoms with Gasteiger partial charge in [0.1, 0.15) is 5.82 Å². The maximum atomic E-state index is 12.0. The number of ether oxygens (including phenoxy) is 1. The second kappa shape index (κ2) is 7.12. The van der Waals surface area contributed by atoms with Crippen molar-refractivity contribution in [3.63, 3.8) is 0 Å². The Morgan fingerprint density at radius 1 is 1.21 bits per heavy atom. The number of amides is 1. The summed E-state index contributed by atoms with van der Waals surface area (Å²) in [4.78, 5) is 28.0. The molecule has 0 unspecified atom stereocenters. The molecule has 1 fully saturated rings. The van der Waals surface area contributed by atoms with Crippen molar-refractivity contribution < 1.29 is 14.3 Å². The minimum Gasteiger partial charge on any atom is -0.462 e. The summed E-state index contributed by atoms with van der Waals surface area (Å²) >= 11 is 0. The predicted molar refractivity (Wildman–Crippen MR) is 91.3 cm³/mol. The highest BCUT2D eigenvalue weighted by Gasteiger charge is 2.29. The lowest BCUT2D eigenvalue weighted by atomic mass is 10.2. The van der Waals surface area contributed by atoms with Crippen LogP contribution in [-0.4, -0.2) is 23.5 Å². The maximum Gasteiger partial charge on any atom is 0.340 e. The van der Waals surface area contributed by atoms with Gasteiger partial charge in [-0.1, -0.05) is 12.1 Å². The van der Waals surface area contributed by atoms with Crippen LogP contribution in [0, 0.1) is 5.92 Å². The third kappa shape index (κ3) is 3.90. The lowest BCUT2D eigenvalue weighted by molar-refractivity contribution is -0.117. The van der Waals surface area contributed by atoms with Crippen LogP contribution in [0.4, 0.5) is 17.2 Å². The molecular weight excluding hydrogens is 306 g/mol. The molecule has 3 rings (SSSR count). The molecule has 124 valence electrons. The molecule has 1 aliphatic rings. The van der Waals surface area contributed by atoms with E-state index in [-0.39, 0.29) is 17.8 Å². The van der Waals surface area contributed by atoms with Gasteiger partial charge in [0.15, 0.2) is 0 Å². The zero-order valence-corrected chi connectivity index (χ0v) is 13.4. The zero-order chi connectivity index (χ0) is 16.9. The predicted octanol–water partition coefficient (Wildman–Crippen LogP) is 3.35. The molecule has 1 aliphatic carbocycles. The molecule has 1 saturated carbocycles. The van der Waals surface area contributed by atoms with Gasteiger partial charge in [0, 0.05) is 5.92 Å². The van der Waals surface area contributed by atoms with E-state index in [4.69, 9.17) is 4.74 Å². The molecule has 24 heavy (non-hydrogen) atoms. The van der Waals surface area contributed by atoms with Crippen molar-refractivity contribution in [2.45, 2.75) is 19.8 Å². The molecule has 0 saturated heterocycles. The first-order chi connectivity index (χ1) is 11.7. The molecule has 6 nitrogen and oxygen atoms in total. The fourth-order valence-corrected chi connectivity index (χ4v) is 2.25. The number of nitrogens with one attached hydrogen (secondary N) is 2. The second-order valence-electron chi connectivity index (χ2n) is 5.59. The number of nitrogens with zero attached hydrogens (tertiary/aromatic N) is 1. The van der Waals surface area contributed by atoms with Gasteiger partial charge < -0.3 is 15.4 Å². The SMILES string of the molecule is CCOC(=O)c1ccccc1Nc1ccc(NC(=O)C2CC2)cn1. The Hall–Kier alpha value is -2.89. The summed E-state index contributed by atoms with van der Waals surface area (Å²) in [5.41, 5.74) is 1.74. The molecule has 1 amide bonds. The highest BCUT2D eigenvalue weighted by atomic mass is 16.5. The van der Waals surface area contributed by atoms with Crippen LogP contribution in [0.3, 0.4) is 0 Å². The maximum absolute atomic E-state index is 12.0.